The summed E-state index contributed by atoms with van der Waals surface area (Å²) in [6.07, 6.45) is 11.9. The second-order valence-corrected chi connectivity index (χ2v) is 12.4. The minimum absolute atomic E-state index is 0.00525. The molecule has 2 N–H and O–H groups in total. The van der Waals surface area contributed by atoms with Crippen LogP contribution in [0.4, 0.5) is 5.69 Å². The smallest absolute Gasteiger partial charge is 0.249 e. The van der Waals surface area contributed by atoms with E-state index in [9.17, 15) is 9.59 Å². The Morgan fingerprint density at radius 1 is 1.00 bits per heavy atom. The Balaban J connectivity index is 1.52. The summed E-state index contributed by atoms with van der Waals surface area (Å²) >= 11 is 12.7. The van der Waals surface area contributed by atoms with Crippen molar-refractivity contribution in [3.05, 3.63) is 63.6 Å². The van der Waals surface area contributed by atoms with Crippen molar-refractivity contribution in [2.75, 3.05) is 11.9 Å². The number of carbonyl (C=O) groups is 2. The van der Waals surface area contributed by atoms with Gasteiger partial charge in [-0.25, -0.2) is 0 Å². The second kappa shape index (κ2) is 12.0. The Morgan fingerprint density at radius 3 is 2.39 bits per heavy atom. The molecule has 2 fully saturated rings. The highest BCUT2D eigenvalue weighted by Crippen LogP contribution is 2.46. The normalized spacial score (nSPS) is 23.2. The fraction of sp³-hybridized carbons (Fsp3) is 0.548. The Hall–Kier alpha value is -2.08. The van der Waals surface area contributed by atoms with E-state index >= 15 is 0 Å². The van der Waals surface area contributed by atoms with Crippen LogP contribution in [0.2, 0.25) is 10.0 Å². The predicted octanol–water partition coefficient (Wildman–Crippen LogP) is 7.10. The van der Waals surface area contributed by atoms with Gasteiger partial charge in [-0.2, -0.15) is 0 Å². The molecule has 0 bridgehead atoms. The molecule has 5 rings (SSSR count). The standard InChI is InChI=1S/C31H39Cl2N3O2/c1-21(23-10-4-2-5-11-23)34-29(37)20-36(26-13-6-3-7-14-26)31(19-22-9-8-12-24(32)17-22)27-16-15-25(33)18-28(27)35-30(31)38/h8-9,12,15-18,21,23,26H,2-7,10-11,13-14,19-20H2,1H3,(H,34,37)(H,35,38)/t21-,31?/m0/s1. The number of benzene rings is 2. The number of amides is 2. The topological polar surface area (TPSA) is 61.4 Å². The quantitative estimate of drug-likeness (QED) is 0.365. The zero-order valence-electron chi connectivity index (χ0n) is 22.3. The first-order valence-corrected chi connectivity index (χ1v) is 15.0. The summed E-state index contributed by atoms with van der Waals surface area (Å²) in [6, 6.07) is 13.6. The van der Waals surface area contributed by atoms with Gasteiger partial charge in [-0.15, -0.1) is 0 Å². The zero-order chi connectivity index (χ0) is 26.7. The summed E-state index contributed by atoms with van der Waals surface area (Å²) in [4.78, 5) is 30.0. The van der Waals surface area contributed by atoms with Gasteiger partial charge in [0.2, 0.25) is 11.8 Å². The molecule has 1 heterocycles. The molecule has 2 atom stereocenters. The van der Waals surface area contributed by atoms with E-state index in [0.29, 0.717) is 22.4 Å². The fourth-order valence-electron chi connectivity index (χ4n) is 7.01. The summed E-state index contributed by atoms with van der Waals surface area (Å²) in [7, 11) is 0. The van der Waals surface area contributed by atoms with Crippen molar-refractivity contribution in [3.8, 4) is 0 Å². The van der Waals surface area contributed by atoms with Crippen LogP contribution in [0.1, 0.15) is 82.3 Å². The number of anilines is 1. The van der Waals surface area contributed by atoms with Crippen molar-refractivity contribution in [1.29, 1.82) is 0 Å². The molecule has 38 heavy (non-hydrogen) atoms. The maximum Gasteiger partial charge on any atom is 0.249 e. The minimum atomic E-state index is -1.03. The van der Waals surface area contributed by atoms with E-state index in [-0.39, 0.29) is 30.4 Å². The molecule has 1 aliphatic heterocycles. The predicted molar refractivity (Wildman–Crippen MR) is 155 cm³/mol. The van der Waals surface area contributed by atoms with Crippen LogP contribution in [0.5, 0.6) is 0 Å². The molecule has 2 amide bonds. The number of carbonyl (C=O) groups excluding carboxylic acids is 2. The van der Waals surface area contributed by atoms with Gasteiger partial charge in [-0.05, 0) is 68.4 Å². The van der Waals surface area contributed by atoms with Crippen molar-refractivity contribution in [3.63, 3.8) is 0 Å². The summed E-state index contributed by atoms with van der Waals surface area (Å²) in [5.74, 6) is 0.414. The molecular weight excluding hydrogens is 517 g/mol. The monoisotopic (exact) mass is 555 g/mol. The average molecular weight is 557 g/mol. The number of rotatable bonds is 8. The highest BCUT2D eigenvalue weighted by atomic mass is 35.5. The number of hydrogen-bond donors (Lipinski definition) is 2. The van der Waals surface area contributed by atoms with Gasteiger partial charge in [0.25, 0.3) is 0 Å². The molecule has 2 aromatic carbocycles. The SMILES string of the molecule is C[C@H](NC(=O)CN(C1CCCCC1)C1(Cc2cccc(Cl)c2)C(=O)Nc2cc(Cl)ccc21)C1CCCCC1. The Morgan fingerprint density at radius 2 is 1.68 bits per heavy atom. The molecule has 0 radical (unpaired) electrons. The molecular formula is C31H39Cl2N3O2. The van der Waals surface area contributed by atoms with Crippen LogP contribution in [-0.2, 0) is 21.5 Å². The van der Waals surface area contributed by atoms with Gasteiger partial charge in [-0.1, -0.05) is 79.9 Å². The maximum atomic E-state index is 14.1. The molecule has 0 aromatic heterocycles. The molecule has 0 saturated heterocycles. The third kappa shape index (κ3) is 5.76. The Labute approximate surface area is 236 Å². The lowest BCUT2D eigenvalue weighted by Crippen LogP contribution is -2.60. The van der Waals surface area contributed by atoms with Crippen molar-refractivity contribution >= 4 is 40.7 Å². The highest BCUT2D eigenvalue weighted by molar-refractivity contribution is 6.31. The first-order valence-electron chi connectivity index (χ1n) is 14.3. The first kappa shape index (κ1) is 27.5. The van der Waals surface area contributed by atoms with E-state index in [1.165, 1.54) is 38.5 Å². The third-order valence-electron chi connectivity index (χ3n) is 8.97. The Bertz CT molecular complexity index is 1160. The molecule has 204 valence electrons. The molecule has 0 spiro atoms. The fourth-order valence-corrected chi connectivity index (χ4v) is 7.39. The lowest BCUT2D eigenvalue weighted by Gasteiger charge is -2.46. The number of hydrogen-bond acceptors (Lipinski definition) is 3. The van der Waals surface area contributed by atoms with Crippen LogP contribution >= 0.6 is 23.2 Å². The molecule has 2 saturated carbocycles. The van der Waals surface area contributed by atoms with Gasteiger partial charge in [-0.3, -0.25) is 14.5 Å². The van der Waals surface area contributed by atoms with Gasteiger partial charge >= 0.3 is 0 Å². The molecule has 3 aliphatic rings. The minimum Gasteiger partial charge on any atom is -0.352 e. The van der Waals surface area contributed by atoms with Crippen LogP contribution < -0.4 is 10.6 Å². The van der Waals surface area contributed by atoms with Gasteiger partial charge < -0.3 is 10.6 Å². The summed E-state index contributed by atoms with van der Waals surface area (Å²) in [5, 5.41) is 7.66. The highest BCUT2D eigenvalue weighted by Gasteiger charge is 2.53. The zero-order valence-corrected chi connectivity index (χ0v) is 23.8. The lowest BCUT2D eigenvalue weighted by molar-refractivity contribution is -0.135. The second-order valence-electron chi connectivity index (χ2n) is 11.5. The number of fused-ring (bicyclic) bond motifs is 1. The van der Waals surface area contributed by atoms with Gasteiger partial charge in [0.15, 0.2) is 0 Å². The maximum absolute atomic E-state index is 14.1. The number of nitrogens with one attached hydrogen (secondary N) is 2. The van der Waals surface area contributed by atoms with Crippen LogP contribution in [0.25, 0.3) is 0 Å². The summed E-state index contributed by atoms with van der Waals surface area (Å²) < 4.78 is 0. The van der Waals surface area contributed by atoms with E-state index < -0.39 is 5.54 Å². The lowest BCUT2D eigenvalue weighted by atomic mass is 9.80. The van der Waals surface area contributed by atoms with E-state index in [4.69, 9.17) is 23.2 Å². The third-order valence-corrected chi connectivity index (χ3v) is 9.44. The number of nitrogens with zero attached hydrogens (tertiary/aromatic N) is 1. The van der Waals surface area contributed by atoms with Gasteiger partial charge in [0.1, 0.15) is 5.54 Å². The van der Waals surface area contributed by atoms with E-state index in [0.717, 1.165) is 42.5 Å². The van der Waals surface area contributed by atoms with Gasteiger partial charge in [0.05, 0.1) is 6.54 Å². The van der Waals surface area contributed by atoms with Crippen molar-refractivity contribution < 1.29 is 9.59 Å². The van der Waals surface area contributed by atoms with Crippen molar-refractivity contribution in [1.82, 2.24) is 10.2 Å². The van der Waals surface area contributed by atoms with E-state index in [2.05, 4.69) is 22.5 Å². The molecule has 2 aliphatic carbocycles. The molecule has 7 heteroatoms. The van der Waals surface area contributed by atoms with Crippen molar-refractivity contribution in [2.24, 2.45) is 5.92 Å². The van der Waals surface area contributed by atoms with E-state index in [1.54, 1.807) is 0 Å². The van der Waals surface area contributed by atoms with E-state index in [1.807, 2.05) is 42.5 Å². The van der Waals surface area contributed by atoms with Crippen LogP contribution in [0, 0.1) is 5.92 Å². The van der Waals surface area contributed by atoms with Crippen LogP contribution in [0.15, 0.2) is 42.5 Å². The average Bonchev–Trinajstić information content (AvgIpc) is 3.18. The summed E-state index contributed by atoms with van der Waals surface area (Å²) in [5.41, 5.74) is 1.54. The van der Waals surface area contributed by atoms with Crippen LogP contribution in [-0.4, -0.2) is 35.3 Å². The number of halogens is 2. The summed E-state index contributed by atoms with van der Waals surface area (Å²) in [6.45, 7) is 2.32. The Kier molecular flexibility index (Phi) is 8.66. The first-order chi connectivity index (χ1) is 18.4. The van der Waals surface area contributed by atoms with Crippen molar-refractivity contribution in [2.45, 2.75) is 95.2 Å². The molecule has 2 aromatic rings. The van der Waals surface area contributed by atoms with Gasteiger partial charge in [0, 0.05) is 39.8 Å². The molecule has 1 unspecified atom stereocenters. The largest absolute Gasteiger partial charge is 0.352 e. The van der Waals surface area contributed by atoms with Crippen LogP contribution in [0.3, 0.4) is 0 Å². The molecule has 5 nitrogen and oxygen atoms in total.